The summed E-state index contributed by atoms with van der Waals surface area (Å²) < 4.78 is 1.65. The van der Waals surface area contributed by atoms with Gasteiger partial charge in [-0.2, -0.15) is 5.10 Å². The van der Waals surface area contributed by atoms with E-state index in [1.807, 2.05) is 6.92 Å². The Hall–Kier alpha value is -1.89. The van der Waals surface area contributed by atoms with E-state index < -0.39 is 6.04 Å². The molecule has 1 aliphatic heterocycles. The molecule has 1 atom stereocenters. The summed E-state index contributed by atoms with van der Waals surface area (Å²) in [4.78, 5) is 27.2. The molecular formula is C12H19N5O2. The highest BCUT2D eigenvalue weighted by atomic mass is 16.2. The average molecular weight is 265 g/mol. The van der Waals surface area contributed by atoms with E-state index in [4.69, 9.17) is 5.73 Å². The van der Waals surface area contributed by atoms with Crippen LogP contribution in [0.3, 0.4) is 0 Å². The molecule has 19 heavy (non-hydrogen) atoms. The fourth-order valence-electron chi connectivity index (χ4n) is 2.09. The zero-order valence-electron chi connectivity index (χ0n) is 11.2. The van der Waals surface area contributed by atoms with Crippen LogP contribution in [-0.2, 0) is 16.6 Å². The van der Waals surface area contributed by atoms with Gasteiger partial charge in [-0.25, -0.2) is 0 Å². The summed E-state index contributed by atoms with van der Waals surface area (Å²) >= 11 is 0. The lowest BCUT2D eigenvalue weighted by Crippen LogP contribution is -2.55. The molecule has 2 heterocycles. The van der Waals surface area contributed by atoms with Gasteiger partial charge in [-0.15, -0.1) is 0 Å². The summed E-state index contributed by atoms with van der Waals surface area (Å²) in [5, 5.41) is 4.04. The number of rotatable bonds is 3. The van der Waals surface area contributed by atoms with Crippen LogP contribution >= 0.6 is 0 Å². The van der Waals surface area contributed by atoms with Gasteiger partial charge in [0.05, 0.1) is 17.9 Å². The van der Waals surface area contributed by atoms with Crippen LogP contribution in [0.1, 0.15) is 13.3 Å². The first-order valence-electron chi connectivity index (χ1n) is 6.36. The molecule has 0 aromatic carbocycles. The Bertz CT molecular complexity index is 484. The second kappa shape index (κ2) is 5.40. The van der Waals surface area contributed by atoms with Gasteiger partial charge in [0.1, 0.15) is 6.54 Å². The third kappa shape index (κ3) is 2.76. The number of aryl methyl sites for hydroxylation is 1. The topological polar surface area (TPSA) is 84.5 Å². The SMILES string of the molecule is CC[C@H](N)C(=O)N1CCN(c2cnn(C)c2)C(=O)C1. The molecule has 1 aromatic rings. The second-order valence-corrected chi connectivity index (χ2v) is 4.69. The van der Waals surface area contributed by atoms with Gasteiger partial charge in [0.15, 0.2) is 0 Å². The Balaban J connectivity index is 2.02. The molecule has 1 aliphatic rings. The van der Waals surface area contributed by atoms with Gasteiger partial charge >= 0.3 is 0 Å². The van der Waals surface area contributed by atoms with Gasteiger partial charge < -0.3 is 15.5 Å². The van der Waals surface area contributed by atoms with E-state index in [1.54, 1.807) is 29.0 Å². The van der Waals surface area contributed by atoms with E-state index in [-0.39, 0.29) is 18.4 Å². The summed E-state index contributed by atoms with van der Waals surface area (Å²) in [6, 6.07) is -0.516. The van der Waals surface area contributed by atoms with Gasteiger partial charge in [0, 0.05) is 26.3 Å². The van der Waals surface area contributed by atoms with E-state index in [1.165, 1.54) is 4.90 Å². The predicted molar refractivity (Wildman–Crippen MR) is 70.4 cm³/mol. The molecule has 2 rings (SSSR count). The van der Waals surface area contributed by atoms with Crippen LogP contribution in [0.4, 0.5) is 5.69 Å². The van der Waals surface area contributed by atoms with Crippen molar-refractivity contribution in [3.05, 3.63) is 12.4 Å². The monoisotopic (exact) mass is 265 g/mol. The van der Waals surface area contributed by atoms with Crippen molar-refractivity contribution in [3.63, 3.8) is 0 Å². The highest BCUT2D eigenvalue weighted by Gasteiger charge is 2.30. The first kappa shape index (κ1) is 13.5. The van der Waals surface area contributed by atoms with Crippen LogP contribution < -0.4 is 10.6 Å². The molecule has 1 aromatic heterocycles. The lowest BCUT2D eigenvalue weighted by atomic mass is 10.2. The van der Waals surface area contributed by atoms with Crippen LogP contribution in [0.2, 0.25) is 0 Å². The van der Waals surface area contributed by atoms with Crippen LogP contribution in [-0.4, -0.2) is 52.2 Å². The molecule has 1 fully saturated rings. The van der Waals surface area contributed by atoms with Crippen molar-refractivity contribution in [1.29, 1.82) is 0 Å². The van der Waals surface area contributed by atoms with Crippen molar-refractivity contribution in [1.82, 2.24) is 14.7 Å². The number of carbonyl (C=O) groups is 2. The largest absolute Gasteiger partial charge is 0.330 e. The molecule has 104 valence electrons. The number of hydrogen-bond donors (Lipinski definition) is 1. The van der Waals surface area contributed by atoms with Crippen molar-refractivity contribution in [3.8, 4) is 0 Å². The summed E-state index contributed by atoms with van der Waals surface area (Å²) in [6.07, 6.45) is 4.01. The van der Waals surface area contributed by atoms with E-state index in [9.17, 15) is 9.59 Å². The van der Waals surface area contributed by atoms with Crippen LogP contribution in [0.5, 0.6) is 0 Å². The van der Waals surface area contributed by atoms with E-state index in [2.05, 4.69) is 5.10 Å². The van der Waals surface area contributed by atoms with Gasteiger partial charge in [-0.3, -0.25) is 14.3 Å². The summed E-state index contributed by atoms with van der Waals surface area (Å²) in [7, 11) is 1.80. The van der Waals surface area contributed by atoms with Gasteiger partial charge in [0.25, 0.3) is 0 Å². The fourth-order valence-corrected chi connectivity index (χ4v) is 2.09. The molecule has 2 amide bonds. The molecule has 2 N–H and O–H groups in total. The third-order valence-corrected chi connectivity index (χ3v) is 3.29. The minimum absolute atomic E-state index is 0.0847. The molecular weight excluding hydrogens is 246 g/mol. The molecule has 0 aliphatic carbocycles. The minimum atomic E-state index is -0.516. The predicted octanol–water partition coefficient (Wildman–Crippen LogP) is -0.667. The van der Waals surface area contributed by atoms with Crippen molar-refractivity contribution >= 4 is 17.5 Å². The summed E-state index contributed by atoms with van der Waals surface area (Å²) in [5.41, 5.74) is 6.48. The van der Waals surface area contributed by atoms with Gasteiger partial charge in [-0.05, 0) is 6.42 Å². The average Bonchev–Trinajstić information content (AvgIpc) is 2.83. The molecule has 0 spiro atoms. The number of amides is 2. The van der Waals surface area contributed by atoms with Crippen LogP contribution in [0.15, 0.2) is 12.4 Å². The van der Waals surface area contributed by atoms with Crippen LogP contribution in [0, 0.1) is 0 Å². The molecule has 7 heteroatoms. The first-order valence-corrected chi connectivity index (χ1v) is 6.36. The zero-order valence-corrected chi connectivity index (χ0v) is 11.2. The lowest BCUT2D eigenvalue weighted by molar-refractivity contribution is -0.137. The standard InChI is InChI=1S/C12H19N5O2/c1-3-10(13)12(19)16-4-5-17(11(18)8-16)9-6-14-15(2)7-9/h6-7,10H,3-5,8,13H2,1-2H3/t10-/m0/s1. The Kier molecular flexibility index (Phi) is 3.84. The molecule has 1 saturated heterocycles. The summed E-state index contributed by atoms with van der Waals surface area (Å²) in [6.45, 7) is 2.93. The number of aromatic nitrogens is 2. The zero-order chi connectivity index (χ0) is 14.0. The fraction of sp³-hybridized carbons (Fsp3) is 0.583. The summed E-state index contributed by atoms with van der Waals surface area (Å²) in [5.74, 6) is -0.252. The number of nitrogens with two attached hydrogens (primary N) is 1. The van der Waals surface area contributed by atoms with Gasteiger partial charge in [-0.1, -0.05) is 6.92 Å². The normalized spacial score (nSPS) is 17.7. The number of hydrogen-bond acceptors (Lipinski definition) is 4. The molecule has 0 radical (unpaired) electrons. The maximum absolute atomic E-state index is 12.1. The second-order valence-electron chi connectivity index (χ2n) is 4.69. The van der Waals surface area contributed by atoms with Crippen molar-refractivity contribution in [2.75, 3.05) is 24.5 Å². The molecule has 7 nitrogen and oxygen atoms in total. The smallest absolute Gasteiger partial charge is 0.246 e. The van der Waals surface area contributed by atoms with Crippen molar-refractivity contribution in [2.45, 2.75) is 19.4 Å². The van der Waals surface area contributed by atoms with E-state index in [0.717, 1.165) is 5.69 Å². The van der Waals surface area contributed by atoms with Crippen molar-refractivity contribution in [2.24, 2.45) is 12.8 Å². The maximum Gasteiger partial charge on any atom is 0.246 e. The highest BCUT2D eigenvalue weighted by molar-refractivity contribution is 5.98. The third-order valence-electron chi connectivity index (χ3n) is 3.29. The lowest BCUT2D eigenvalue weighted by Gasteiger charge is -2.34. The van der Waals surface area contributed by atoms with Crippen molar-refractivity contribution < 1.29 is 9.59 Å². The number of piperazine rings is 1. The highest BCUT2D eigenvalue weighted by Crippen LogP contribution is 2.16. The Morgan fingerprint density at radius 2 is 2.26 bits per heavy atom. The molecule has 0 bridgehead atoms. The Morgan fingerprint density at radius 3 is 2.79 bits per heavy atom. The van der Waals surface area contributed by atoms with Crippen LogP contribution in [0.25, 0.3) is 0 Å². The minimum Gasteiger partial charge on any atom is -0.330 e. The number of nitrogens with zero attached hydrogens (tertiary/aromatic N) is 4. The first-order chi connectivity index (χ1) is 9.02. The number of anilines is 1. The molecule has 0 saturated carbocycles. The quantitative estimate of drug-likeness (QED) is 0.785. The Labute approximate surface area is 111 Å². The van der Waals surface area contributed by atoms with E-state index >= 15 is 0 Å². The van der Waals surface area contributed by atoms with E-state index in [0.29, 0.717) is 19.5 Å². The number of carbonyl (C=O) groups excluding carboxylic acids is 2. The van der Waals surface area contributed by atoms with Gasteiger partial charge in [0.2, 0.25) is 11.8 Å². The maximum atomic E-state index is 12.1. The Morgan fingerprint density at radius 1 is 1.53 bits per heavy atom. The molecule has 0 unspecified atom stereocenters.